The molecule has 1 N–H and O–H groups in total. The van der Waals surface area contributed by atoms with E-state index in [9.17, 15) is 9.90 Å². The minimum absolute atomic E-state index is 0.0468. The first-order valence-electron chi connectivity index (χ1n) is 3.73. The highest BCUT2D eigenvalue weighted by Gasteiger charge is 2.19. The van der Waals surface area contributed by atoms with Crippen molar-refractivity contribution in [2.24, 2.45) is 0 Å². The average molecular weight is 160 g/mol. The summed E-state index contributed by atoms with van der Waals surface area (Å²) < 4.78 is 4.83. The number of hydrogen-bond donors (Lipinski definition) is 1. The van der Waals surface area contributed by atoms with Gasteiger partial charge in [0, 0.05) is 0 Å². The van der Waals surface area contributed by atoms with Gasteiger partial charge in [-0.15, -0.1) is 0 Å². The van der Waals surface area contributed by atoms with Gasteiger partial charge in [0.15, 0.2) is 0 Å². The molecule has 11 heavy (non-hydrogen) atoms. The molecule has 0 amide bonds. The van der Waals surface area contributed by atoms with E-state index in [1.807, 2.05) is 0 Å². The highest BCUT2D eigenvalue weighted by atomic mass is 16.5. The van der Waals surface area contributed by atoms with Crippen molar-refractivity contribution >= 4 is 5.97 Å². The summed E-state index contributed by atoms with van der Waals surface area (Å²) in [7, 11) is 0. The number of rotatable bonds is 3. The lowest BCUT2D eigenvalue weighted by molar-refractivity contribution is -0.151. The third kappa shape index (κ3) is 7.33. The zero-order valence-electron chi connectivity index (χ0n) is 7.55. The van der Waals surface area contributed by atoms with Gasteiger partial charge in [-0.25, -0.2) is 0 Å². The van der Waals surface area contributed by atoms with Crippen molar-refractivity contribution in [1.82, 2.24) is 0 Å². The topological polar surface area (TPSA) is 46.5 Å². The first kappa shape index (κ1) is 10.4. The van der Waals surface area contributed by atoms with Crippen molar-refractivity contribution in [3.8, 4) is 0 Å². The van der Waals surface area contributed by atoms with Gasteiger partial charge >= 0.3 is 5.97 Å². The summed E-state index contributed by atoms with van der Waals surface area (Å²) >= 11 is 0. The highest BCUT2D eigenvalue weighted by Crippen LogP contribution is 2.08. The van der Waals surface area contributed by atoms with Crippen LogP contribution < -0.4 is 0 Å². The monoisotopic (exact) mass is 160 g/mol. The summed E-state index contributed by atoms with van der Waals surface area (Å²) in [6.07, 6.45) is -0.0598. The lowest BCUT2D eigenvalue weighted by Crippen LogP contribution is -2.25. The standard InChI is InChI=1S/C8H16O3/c1-6(2)11-7(9)5-8(3,4)10/h6,10H,5H2,1-4H3. The number of esters is 1. The molecule has 0 aliphatic rings. The molecule has 0 spiro atoms. The predicted molar refractivity (Wildman–Crippen MR) is 42.1 cm³/mol. The van der Waals surface area contributed by atoms with Crippen LogP contribution in [0.15, 0.2) is 0 Å². The Bertz CT molecular complexity index is 133. The Balaban J connectivity index is 3.71. The zero-order valence-corrected chi connectivity index (χ0v) is 7.55. The molecule has 0 atom stereocenters. The highest BCUT2D eigenvalue weighted by molar-refractivity contribution is 5.70. The van der Waals surface area contributed by atoms with Gasteiger partial charge in [-0.05, 0) is 27.7 Å². The maximum absolute atomic E-state index is 10.9. The van der Waals surface area contributed by atoms with Gasteiger partial charge in [0.05, 0.1) is 18.1 Å². The number of carbonyl (C=O) groups excluding carboxylic acids is 1. The molecule has 0 aromatic heterocycles. The average Bonchev–Trinajstić information content (AvgIpc) is 1.53. The fourth-order valence-electron chi connectivity index (χ4n) is 0.658. The molecule has 0 aliphatic carbocycles. The minimum Gasteiger partial charge on any atom is -0.463 e. The van der Waals surface area contributed by atoms with Crippen molar-refractivity contribution in [3.63, 3.8) is 0 Å². The maximum Gasteiger partial charge on any atom is 0.308 e. The van der Waals surface area contributed by atoms with Crippen molar-refractivity contribution in [2.45, 2.75) is 45.8 Å². The van der Waals surface area contributed by atoms with E-state index in [-0.39, 0.29) is 18.5 Å². The van der Waals surface area contributed by atoms with Gasteiger partial charge in [-0.1, -0.05) is 0 Å². The molecule has 0 saturated carbocycles. The Hall–Kier alpha value is -0.570. The van der Waals surface area contributed by atoms with Crippen LogP contribution in [-0.4, -0.2) is 22.8 Å². The van der Waals surface area contributed by atoms with Crippen molar-refractivity contribution < 1.29 is 14.6 Å². The molecule has 66 valence electrons. The van der Waals surface area contributed by atoms with E-state index in [0.29, 0.717) is 0 Å². The van der Waals surface area contributed by atoms with Gasteiger partial charge in [0.2, 0.25) is 0 Å². The second-order valence-corrected chi connectivity index (χ2v) is 3.53. The fraction of sp³-hybridized carbons (Fsp3) is 0.875. The molecule has 0 radical (unpaired) electrons. The Morgan fingerprint density at radius 1 is 1.55 bits per heavy atom. The van der Waals surface area contributed by atoms with E-state index in [1.165, 1.54) is 0 Å². The molecule has 0 aliphatic heterocycles. The molecule has 0 aromatic rings. The molecule has 3 nitrogen and oxygen atoms in total. The Morgan fingerprint density at radius 2 is 2.00 bits per heavy atom. The van der Waals surface area contributed by atoms with Gasteiger partial charge in [0.25, 0.3) is 0 Å². The van der Waals surface area contributed by atoms with Crippen LogP contribution in [0.3, 0.4) is 0 Å². The second kappa shape index (κ2) is 3.72. The van der Waals surface area contributed by atoms with E-state index in [2.05, 4.69) is 0 Å². The molecule has 0 unspecified atom stereocenters. The number of hydrogen-bond acceptors (Lipinski definition) is 3. The number of aliphatic hydroxyl groups is 1. The van der Waals surface area contributed by atoms with Crippen LogP contribution in [0.25, 0.3) is 0 Å². The van der Waals surface area contributed by atoms with Crippen molar-refractivity contribution in [1.29, 1.82) is 0 Å². The normalized spacial score (nSPS) is 11.8. The molecular formula is C8H16O3. The molecule has 3 heteroatoms. The summed E-state index contributed by atoms with van der Waals surface area (Å²) in [5, 5.41) is 9.20. The molecule has 0 bridgehead atoms. The number of ether oxygens (including phenoxy) is 1. The zero-order chi connectivity index (χ0) is 9.07. The van der Waals surface area contributed by atoms with Crippen LogP contribution in [-0.2, 0) is 9.53 Å². The van der Waals surface area contributed by atoms with Gasteiger partial charge in [-0.2, -0.15) is 0 Å². The van der Waals surface area contributed by atoms with Crippen LogP contribution >= 0.6 is 0 Å². The van der Waals surface area contributed by atoms with E-state index < -0.39 is 5.60 Å². The molecule has 0 rings (SSSR count). The Labute approximate surface area is 67.4 Å². The lowest BCUT2D eigenvalue weighted by Gasteiger charge is -2.16. The SMILES string of the molecule is CC(C)OC(=O)CC(C)(C)O. The third-order valence-corrected chi connectivity index (χ3v) is 0.944. The first-order valence-corrected chi connectivity index (χ1v) is 3.73. The van der Waals surface area contributed by atoms with Gasteiger partial charge in [0.1, 0.15) is 0 Å². The van der Waals surface area contributed by atoms with Gasteiger partial charge < -0.3 is 9.84 Å². The number of carbonyl (C=O) groups is 1. The minimum atomic E-state index is -0.966. The van der Waals surface area contributed by atoms with E-state index in [1.54, 1.807) is 27.7 Å². The predicted octanol–water partition coefficient (Wildman–Crippen LogP) is 1.10. The Kier molecular flexibility index (Phi) is 3.52. The van der Waals surface area contributed by atoms with E-state index >= 15 is 0 Å². The summed E-state index contributed by atoms with van der Waals surface area (Å²) in [5.41, 5.74) is -0.966. The van der Waals surface area contributed by atoms with Gasteiger partial charge in [-0.3, -0.25) is 4.79 Å². The summed E-state index contributed by atoms with van der Waals surface area (Å²) in [4.78, 5) is 10.9. The van der Waals surface area contributed by atoms with Crippen LogP contribution in [0.2, 0.25) is 0 Å². The second-order valence-electron chi connectivity index (χ2n) is 3.53. The van der Waals surface area contributed by atoms with Crippen LogP contribution in [0.1, 0.15) is 34.1 Å². The molecule has 0 saturated heterocycles. The largest absolute Gasteiger partial charge is 0.463 e. The molecule has 0 heterocycles. The van der Waals surface area contributed by atoms with Crippen LogP contribution in [0, 0.1) is 0 Å². The molecular weight excluding hydrogens is 144 g/mol. The summed E-state index contributed by atoms with van der Waals surface area (Å²) in [5.74, 6) is -0.354. The molecule has 0 fully saturated rings. The van der Waals surface area contributed by atoms with E-state index in [4.69, 9.17) is 4.74 Å². The molecule has 0 aromatic carbocycles. The summed E-state index contributed by atoms with van der Waals surface area (Å²) in [6.45, 7) is 6.72. The van der Waals surface area contributed by atoms with E-state index in [0.717, 1.165) is 0 Å². The third-order valence-electron chi connectivity index (χ3n) is 0.944. The maximum atomic E-state index is 10.9. The summed E-state index contributed by atoms with van der Waals surface area (Å²) in [6, 6.07) is 0. The van der Waals surface area contributed by atoms with Crippen LogP contribution in [0.5, 0.6) is 0 Å². The first-order chi connectivity index (χ1) is 4.81. The van der Waals surface area contributed by atoms with Crippen molar-refractivity contribution in [2.75, 3.05) is 0 Å². The smallest absolute Gasteiger partial charge is 0.308 e. The Morgan fingerprint density at radius 3 is 2.27 bits per heavy atom. The quantitative estimate of drug-likeness (QED) is 0.629. The lowest BCUT2D eigenvalue weighted by atomic mass is 10.1. The van der Waals surface area contributed by atoms with Crippen LogP contribution in [0.4, 0.5) is 0 Å². The fourth-order valence-corrected chi connectivity index (χ4v) is 0.658. The van der Waals surface area contributed by atoms with Crippen molar-refractivity contribution in [3.05, 3.63) is 0 Å².